The quantitative estimate of drug-likeness (QED) is 0.277. The Morgan fingerprint density at radius 2 is 1.66 bits per heavy atom. The Balaban J connectivity index is 1.37. The van der Waals surface area contributed by atoms with E-state index in [0.717, 1.165) is 32.1 Å². The monoisotopic (exact) mass is 617 g/mol. The van der Waals surface area contributed by atoms with E-state index in [2.05, 4.69) is 10.6 Å². The Kier molecular flexibility index (Phi) is 12.5. The van der Waals surface area contributed by atoms with Gasteiger partial charge in [0.15, 0.2) is 5.82 Å². The Morgan fingerprint density at radius 1 is 1.00 bits per heavy atom. The number of carbonyl (C=O) groups excluding carboxylic acids is 3. The van der Waals surface area contributed by atoms with Crippen LogP contribution in [0.15, 0.2) is 18.2 Å². The summed E-state index contributed by atoms with van der Waals surface area (Å²) in [5.41, 5.74) is 1.56. The zero-order valence-corrected chi connectivity index (χ0v) is 26.3. The molecular formula is C32H48FN5O6. The first-order valence-corrected chi connectivity index (χ1v) is 15.9. The molecule has 4 rings (SSSR count). The number of nitrogens with one attached hydrogen (secondary N) is 2. The first kappa shape index (κ1) is 33.8. The van der Waals surface area contributed by atoms with Crippen LogP contribution < -0.4 is 10.6 Å². The zero-order valence-electron chi connectivity index (χ0n) is 26.3. The van der Waals surface area contributed by atoms with Crippen molar-refractivity contribution in [2.75, 3.05) is 66.3 Å². The number of likely N-dealkylation sites (N-methyl/N-ethyl adjacent to an activating group) is 1. The smallest absolute Gasteiger partial charge is 0.253 e. The first-order valence-electron chi connectivity index (χ1n) is 15.9. The lowest BCUT2D eigenvalue weighted by Crippen LogP contribution is -2.59. The largest absolute Gasteiger partial charge is 0.394 e. The molecule has 0 bridgehead atoms. The number of amides is 3. The minimum Gasteiger partial charge on any atom is -0.394 e. The summed E-state index contributed by atoms with van der Waals surface area (Å²) in [5, 5.41) is 15.1. The van der Waals surface area contributed by atoms with Gasteiger partial charge in [-0.2, -0.15) is 0 Å². The van der Waals surface area contributed by atoms with Crippen LogP contribution in [0.4, 0.5) is 4.39 Å². The fraction of sp³-hybridized carbons (Fsp3) is 0.656. The van der Waals surface area contributed by atoms with Crippen molar-refractivity contribution in [1.29, 1.82) is 0 Å². The lowest BCUT2D eigenvalue weighted by molar-refractivity contribution is -0.140. The highest BCUT2D eigenvalue weighted by Gasteiger charge is 2.36. The van der Waals surface area contributed by atoms with Gasteiger partial charge in [0.25, 0.3) is 5.91 Å². The minimum atomic E-state index is -0.566. The number of halogens is 1. The van der Waals surface area contributed by atoms with E-state index in [1.165, 1.54) is 0 Å². The number of nitrogens with zero attached hydrogens (tertiary/aromatic N) is 3. The molecule has 2 heterocycles. The topological polar surface area (TPSA) is 125 Å². The molecule has 2 atom stereocenters. The standard InChI is InChI=1S/C32H48FN5O6/c1-22(34-3)30(40)35-29(24-7-5-4-6-8-24)32(42)37-13-11-36(12-14-37)31(41)25-9-10-27-26(21-25)28(33)23(2)38(27)15-17-43-19-20-44-18-16-39/h9-10,21-22,24,29,34,39H,4-8,11-20H2,1-3H3,(H,35,40)/t22?,29-/m0/s1. The summed E-state index contributed by atoms with van der Waals surface area (Å²) in [6, 6.07) is 4.13. The number of aliphatic hydroxyl groups is 1. The molecule has 244 valence electrons. The molecule has 2 fully saturated rings. The summed E-state index contributed by atoms with van der Waals surface area (Å²) in [4.78, 5) is 43.3. The van der Waals surface area contributed by atoms with Crippen LogP contribution in [0.3, 0.4) is 0 Å². The number of benzene rings is 1. The van der Waals surface area contributed by atoms with Gasteiger partial charge in [-0.1, -0.05) is 19.3 Å². The van der Waals surface area contributed by atoms with Gasteiger partial charge in [-0.05, 0) is 57.9 Å². The van der Waals surface area contributed by atoms with E-state index in [1.54, 1.807) is 48.9 Å². The SMILES string of the molecule is CNC(C)C(=O)N[C@H](C(=O)N1CCN(C(=O)c2ccc3c(c2)c(F)c(C)n3CCOCCOCCO)CC1)C1CCCCC1. The van der Waals surface area contributed by atoms with Crippen LogP contribution >= 0.6 is 0 Å². The Hall–Kier alpha value is -3.06. The third-order valence-corrected chi connectivity index (χ3v) is 8.95. The maximum absolute atomic E-state index is 15.2. The molecule has 1 saturated heterocycles. The lowest BCUT2D eigenvalue weighted by atomic mass is 9.83. The molecule has 44 heavy (non-hydrogen) atoms. The second-order valence-corrected chi connectivity index (χ2v) is 11.7. The number of aliphatic hydroxyl groups excluding tert-OH is 1. The number of rotatable bonds is 14. The van der Waals surface area contributed by atoms with Crippen LogP contribution in [0.5, 0.6) is 0 Å². The van der Waals surface area contributed by atoms with Crippen molar-refractivity contribution in [2.45, 2.75) is 64.6 Å². The van der Waals surface area contributed by atoms with Crippen LogP contribution in [0.1, 0.15) is 55.1 Å². The highest BCUT2D eigenvalue weighted by molar-refractivity contribution is 5.99. The van der Waals surface area contributed by atoms with Crippen molar-refractivity contribution in [3.8, 4) is 0 Å². The van der Waals surface area contributed by atoms with Gasteiger partial charge in [-0.15, -0.1) is 0 Å². The highest BCUT2D eigenvalue weighted by atomic mass is 19.1. The lowest BCUT2D eigenvalue weighted by Gasteiger charge is -2.39. The van der Waals surface area contributed by atoms with Crippen molar-refractivity contribution in [2.24, 2.45) is 5.92 Å². The fourth-order valence-electron chi connectivity index (χ4n) is 6.17. The van der Waals surface area contributed by atoms with Crippen molar-refractivity contribution in [1.82, 2.24) is 25.0 Å². The molecular weight excluding hydrogens is 569 g/mol. The second kappa shape index (κ2) is 16.3. The summed E-state index contributed by atoms with van der Waals surface area (Å²) < 4.78 is 27.9. The Labute approximate surface area is 259 Å². The molecule has 1 aliphatic carbocycles. The van der Waals surface area contributed by atoms with Gasteiger partial charge in [-0.3, -0.25) is 14.4 Å². The van der Waals surface area contributed by atoms with Crippen LogP contribution in [0, 0.1) is 18.7 Å². The maximum Gasteiger partial charge on any atom is 0.253 e. The molecule has 1 unspecified atom stereocenters. The van der Waals surface area contributed by atoms with E-state index in [-0.39, 0.29) is 42.7 Å². The van der Waals surface area contributed by atoms with Crippen molar-refractivity contribution >= 4 is 28.6 Å². The number of piperazine rings is 1. The molecule has 0 spiro atoms. The predicted molar refractivity (Wildman–Crippen MR) is 165 cm³/mol. The fourth-order valence-corrected chi connectivity index (χ4v) is 6.17. The van der Waals surface area contributed by atoms with Gasteiger partial charge in [0, 0.05) is 43.7 Å². The second-order valence-electron chi connectivity index (χ2n) is 11.7. The number of ether oxygens (including phenoxy) is 2. The molecule has 11 nitrogen and oxygen atoms in total. The molecule has 2 aliphatic rings. The predicted octanol–water partition coefficient (Wildman–Crippen LogP) is 2.07. The van der Waals surface area contributed by atoms with Crippen molar-refractivity contribution < 1.29 is 33.4 Å². The van der Waals surface area contributed by atoms with E-state index in [4.69, 9.17) is 14.6 Å². The first-order chi connectivity index (χ1) is 21.3. The number of carbonyl (C=O) groups is 3. The number of hydrogen-bond donors (Lipinski definition) is 3. The van der Waals surface area contributed by atoms with Gasteiger partial charge in [-0.25, -0.2) is 4.39 Å². The van der Waals surface area contributed by atoms with E-state index in [0.29, 0.717) is 74.7 Å². The van der Waals surface area contributed by atoms with E-state index in [1.807, 2.05) is 4.57 Å². The Bertz CT molecular complexity index is 1270. The summed E-state index contributed by atoms with van der Waals surface area (Å²) in [7, 11) is 1.72. The highest BCUT2D eigenvalue weighted by Crippen LogP contribution is 2.29. The number of hydrogen-bond acceptors (Lipinski definition) is 7. The summed E-state index contributed by atoms with van der Waals surface area (Å²) in [5.74, 6) is -0.718. The van der Waals surface area contributed by atoms with Crippen LogP contribution in [-0.2, 0) is 25.6 Å². The summed E-state index contributed by atoms with van der Waals surface area (Å²) in [6.07, 6.45) is 5.08. The van der Waals surface area contributed by atoms with Crippen LogP contribution in [0.25, 0.3) is 10.9 Å². The van der Waals surface area contributed by atoms with Crippen LogP contribution in [0.2, 0.25) is 0 Å². The van der Waals surface area contributed by atoms with E-state index >= 15 is 4.39 Å². The molecule has 1 saturated carbocycles. The molecule has 3 amide bonds. The van der Waals surface area contributed by atoms with Gasteiger partial charge in [0.2, 0.25) is 11.8 Å². The van der Waals surface area contributed by atoms with E-state index < -0.39 is 12.1 Å². The van der Waals surface area contributed by atoms with Gasteiger partial charge in [0.05, 0.1) is 50.3 Å². The molecule has 1 aromatic heterocycles. The van der Waals surface area contributed by atoms with Gasteiger partial charge in [0.1, 0.15) is 6.04 Å². The molecule has 1 aliphatic heterocycles. The zero-order chi connectivity index (χ0) is 31.6. The van der Waals surface area contributed by atoms with Gasteiger partial charge < -0.3 is 39.6 Å². The average molecular weight is 618 g/mol. The Morgan fingerprint density at radius 3 is 2.32 bits per heavy atom. The molecule has 1 aromatic carbocycles. The normalized spacial score (nSPS) is 17.6. The summed E-state index contributed by atoms with van der Waals surface area (Å²) >= 11 is 0. The molecule has 0 radical (unpaired) electrons. The molecule has 2 aromatic rings. The average Bonchev–Trinajstić information content (AvgIpc) is 3.30. The van der Waals surface area contributed by atoms with Crippen molar-refractivity contribution in [3.63, 3.8) is 0 Å². The minimum absolute atomic E-state index is 0.0349. The molecule has 12 heteroatoms. The molecule has 3 N–H and O–H groups in total. The number of aromatic nitrogens is 1. The summed E-state index contributed by atoms with van der Waals surface area (Å²) in [6.45, 7) is 6.77. The maximum atomic E-state index is 15.2. The number of fused-ring (bicyclic) bond motifs is 1. The van der Waals surface area contributed by atoms with E-state index in [9.17, 15) is 14.4 Å². The van der Waals surface area contributed by atoms with Gasteiger partial charge >= 0.3 is 0 Å². The third-order valence-electron chi connectivity index (χ3n) is 8.95. The third kappa shape index (κ3) is 8.15. The van der Waals surface area contributed by atoms with Crippen molar-refractivity contribution in [3.05, 3.63) is 35.3 Å². The van der Waals surface area contributed by atoms with Crippen LogP contribution in [-0.4, -0.2) is 116 Å².